The number of rotatable bonds is 3. The lowest BCUT2D eigenvalue weighted by molar-refractivity contribution is -0.384. The summed E-state index contributed by atoms with van der Waals surface area (Å²) in [6.45, 7) is 1.89. The highest BCUT2D eigenvalue weighted by molar-refractivity contribution is 5.56. The average Bonchev–Trinajstić information content (AvgIpc) is 2.57. The molecular weight excluding hydrogens is 238 g/mol. The lowest BCUT2D eigenvalue weighted by Crippen LogP contribution is -2.04. The van der Waals surface area contributed by atoms with Crippen molar-refractivity contribution in [3.05, 3.63) is 28.1 Å². The quantitative estimate of drug-likeness (QED) is 0.607. The van der Waals surface area contributed by atoms with E-state index < -0.39 is 4.92 Å². The predicted molar refractivity (Wildman–Crippen MR) is 64.3 cm³/mol. The molecule has 18 heavy (non-hydrogen) atoms. The van der Waals surface area contributed by atoms with Crippen LogP contribution in [0, 0.1) is 17.0 Å². The van der Waals surface area contributed by atoms with Crippen LogP contribution in [0.4, 0.5) is 23.3 Å². The van der Waals surface area contributed by atoms with Crippen LogP contribution in [0.2, 0.25) is 0 Å². The summed E-state index contributed by atoms with van der Waals surface area (Å²) in [5.41, 5.74) is 6.08. The lowest BCUT2D eigenvalue weighted by Gasteiger charge is -2.01. The fraction of sp³-hybridized carbons (Fsp3) is 0.222. The summed E-state index contributed by atoms with van der Waals surface area (Å²) in [5.74, 6) is 0.518. The Kier molecular flexibility index (Phi) is 2.80. The van der Waals surface area contributed by atoms with E-state index in [0.29, 0.717) is 5.82 Å². The van der Waals surface area contributed by atoms with Gasteiger partial charge < -0.3 is 11.1 Å². The zero-order valence-corrected chi connectivity index (χ0v) is 9.78. The van der Waals surface area contributed by atoms with Crippen LogP contribution in [-0.2, 0) is 7.05 Å². The largest absolute Gasteiger partial charge is 0.378 e. The molecule has 2 aromatic heterocycles. The number of nitrogens with one attached hydrogen (secondary N) is 1. The SMILES string of the molecule is Cc1cc(Nc2ncc([N+](=O)[O-])c(N)n2)nn1C. The number of nitrogens with two attached hydrogens (primary N) is 1. The first-order chi connectivity index (χ1) is 8.47. The number of nitrogens with zero attached hydrogens (tertiary/aromatic N) is 5. The number of hydrogen-bond acceptors (Lipinski definition) is 7. The second-order valence-corrected chi connectivity index (χ2v) is 3.64. The molecule has 0 unspecified atom stereocenters. The van der Waals surface area contributed by atoms with Crippen LogP contribution in [-0.4, -0.2) is 24.7 Å². The van der Waals surface area contributed by atoms with Crippen molar-refractivity contribution in [2.24, 2.45) is 7.05 Å². The van der Waals surface area contributed by atoms with Gasteiger partial charge in [0.05, 0.1) is 4.92 Å². The molecule has 2 rings (SSSR count). The molecule has 9 nitrogen and oxygen atoms in total. The van der Waals surface area contributed by atoms with Crippen molar-refractivity contribution in [3.63, 3.8) is 0 Å². The lowest BCUT2D eigenvalue weighted by atomic mass is 10.4. The summed E-state index contributed by atoms with van der Waals surface area (Å²) in [7, 11) is 1.80. The van der Waals surface area contributed by atoms with E-state index in [-0.39, 0.29) is 17.5 Å². The first-order valence-corrected chi connectivity index (χ1v) is 5.02. The zero-order chi connectivity index (χ0) is 13.3. The van der Waals surface area contributed by atoms with Crippen molar-refractivity contribution < 1.29 is 4.92 Å². The van der Waals surface area contributed by atoms with Gasteiger partial charge in [-0.2, -0.15) is 10.1 Å². The van der Waals surface area contributed by atoms with Gasteiger partial charge >= 0.3 is 5.69 Å². The molecule has 0 radical (unpaired) electrons. The Morgan fingerprint density at radius 1 is 1.56 bits per heavy atom. The van der Waals surface area contributed by atoms with Crippen molar-refractivity contribution in [2.75, 3.05) is 11.1 Å². The normalized spacial score (nSPS) is 10.3. The molecule has 2 aromatic rings. The van der Waals surface area contributed by atoms with Crippen LogP contribution in [0.5, 0.6) is 0 Å². The molecule has 0 aliphatic heterocycles. The molecular formula is C9H11N7O2. The Labute approximate surface area is 102 Å². The molecule has 0 aliphatic carbocycles. The maximum absolute atomic E-state index is 10.5. The molecule has 0 aromatic carbocycles. The highest BCUT2D eigenvalue weighted by Gasteiger charge is 2.14. The topological polar surface area (TPSA) is 125 Å². The molecule has 0 aliphatic rings. The predicted octanol–water partition coefficient (Wildman–Crippen LogP) is 0.753. The minimum absolute atomic E-state index is 0.163. The average molecular weight is 249 g/mol. The standard InChI is InChI=1S/C9H11N7O2/c1-5-3-7(14-15(5)2)12-9-11-4-6(16(17)18)8(10)13-9/h3-4H,1-2H3,(H3,10,11,12,13,14). The Hall–Kier alpha value is -2.71. The van der Waals surface area contributed by atoms with Gasteiger partial charge in [0, 0.05) is 18.8 Å². The van der Waals surface area contributed by atoms with Crippen molar-refractivity contribution in [2.45, 2.75) is 6.92 Å². The van der Waals surface area contributed by atoms with Crippen molar-refractivity contribution in [1.29, 1.82) is 0 Å². The van der Waals surface area contributed by atoms with E-state index in [1.54, 1.807) is 17.8 Å². The molecule has 9 heteroatoms. The van der Waals surface area contributed by atoms with E-state index >= 15 is 0 Å². The summed E-state index contributed by atoms with van der Waals surface area (Å²) in [5, 5.41) is 17.5. The molecule has 94 valence electrons. The molecule has 0 atom stereocenters. The van der Waals surface area contributed by atoms with E-state index in [1.165, 1.54) is 0 Å². The number of nitro groups is 1. The molecule has 0 saturated carbocycles. The van der Waals surface area contributed by atoms with Gasteiger partial charge in [-0.15, -0.1) is 0 Å². The maximum atomic E-state index is 10.5. The van der Waals surface area contributed by atoms with E-state index in [1.807, 2.05) is 6.92 Å². The van der Waals surface area contributed by atoms with Crippen molar-refractivity contribution >= 4 is 23.3 Å². The molecule has 0 fully saturated rings. The molecule has 2 heterocycles. The van der Waals surface area contributed by atoms with Crippen LogP contribution < -0.4 is 11.1 Å². The Balaban J connectivity index is 2.25. The molecule has 0 bridgehead atoms. The Morgan fingerprint density at radius 3 is 2.78 bits per heavy atom. The Morgan fingerprint density at radius 2 is 2.28 bits per heavy atom. The summed E-state index contributed by atoms with van der Waals surface area (Å²) in [6.07, 6.45) is 1.06. The van der Waals surface area contributed by atoms with E-state index in [9.17, 15) is 10.1 Å². The van der Waals surface area contributed by atoms with Crippen LogP contribution in [0.25, 0.3) is 0 Å². The molecule has 0 saturated heterocycles. The van der Waals surface area contributed by atoms with Crippen molar-refractivity contribution in [3.8, 4) is 0 Å². The minimum atomic E-state index is -0.635. The van der Waals surface area contributed by atoms with Crippen LogP contribution in [0.3, 0.4) is 0 Å². The van der Waals surface area contributed by atoms with Gasteiger partial charge in [0.25, 0.3) is 0 Å². The molecule has 0 spiro atoms. The van der Waals surface area contributed by atoms with Crippen LogP contribution in [0.15, 0.2) is 12.3 Å². The van der Waals surface area contributed by atoms with Gasteiger partial charge in [0.2, 0.25) is 11.8 Å². The first kappa shape index (κ1) is 11.8. The van der Waals surface area contributed by atoms with Gasteiger partial charge in [-0.3, -0.25) is 14.8 Å². The van der Waals surface area contributed by atoms with Crippen molar-refractivity contribution in [1.82, 2.24) is 19.7 Å². The van der Waals surface area contributed by atoms with Crippen LogP contribution >= 0.6 is 0 Å². The number of hydrogen-bond donors (Lipinski definition) is 2. The van der Waals surface area contributed by atoms with Gasteiger partial charge in [-0.25, -0.2) is 4.98 Å². The summed E-state index contributed by atoms with van der Waals surface area (Å²) >= 11 is 0. The molecule has 3 N–H and O–H groups in total. The maximum Gasteiger partial charge on any atom is 0.329 e. The summed E-state index contributed by atoms with van der Waals surface area (Å²) in [4.78, 5) is 17.5. The van der Waals surface area contributed by atoms with E-state index in [0.717, 1.165) is 11.9 Å². The minimum Gasteiger partial charge on any atom is -0.378 e. The smallest absolute Gasteiger partial charge is 0.329 e. The number of nitrogen functional groups attached to an aromatic ring is 1. The number of aryl methyl sites for hydroxylation is 2. The summed E-state index contributed by atoms with van der Waals surface area (Å²) in [6, 6.07) is 1.79. The third kappa shape index (κ3) is 2.19. The second kappa shape index (κ2) is 4.28. The summed E-state index contributed by atoms with van der Waals surface area (Å²) < 4.78 is 1.68. The fourth-order valence-electron chi connectivity index (χ4n) is 1.33. The number of aromatic nitrogens is 4. The molecule has 0 amide bonds. The zero-order valence-electron chi connectivity index (χ0n) is 9.78. The van der Waals surface area contributed by atoms with E-state index in [4.69, 9.17) is 5.73 Å². The number of anilines is 3. The highest BCUT2D eigenvalue weighted by atomic mass is 16.6. The fourth-order valence-corrected chi connectivity index (χ4v) is 1.33. The van der Waals surface area contributed by atoms with Gasteiger partial charge in [0.15, 0.2) is 5.82 Å². The third-order valence-electron chi connectivity index (χ3n) is 2.35. The monoisotopic (exact) mass is 249 g/mol. The second-order valence-electron chi connectivity index (χ2n) is 3.64. The first-order valence-electron chi connectivity index (χ1n) is 5.02. The van der Waals surface area contributed by atoms with Crippen LogP contribution in [0.1, 0.15) is 5.69 Å². The van der Waals surface area contributed by atoms with Gasteiger partial charge in [0.1, 0.15) is 6.20 Å². The van der Waals surface area contributed by atoms with Gasteiger partial charge in [-0.05, 0) is 6.92 Å². The van der Waals surface area contributed by atoms with Gasteiger partial charge in [-0.1, -0.05) is 0 Å². The van der Waals surface area contributed by atoms with E-state index in [2.05, 4.69) is 20.4 Å². The third-order valence-corrected chi connectivity index (χ3v) is 2.35. The highest BCUT2D eigenvalue weighted by Crippen LogP contribution is 2.20. The Bertz CT molecular complexity index is 587.